The van der Waals surface area contributed by atoms with Crippen molar-refractivity contribution in [2.75, 3.05) is 18.8 Å². The Hall–Kier alpha value is -3.20. The molecule has 158 valence electrons. The van der Waals surface area contributed by atoms with Crippen LogP contribution in [0.5, 0.6) is 0 Å². The van der Waals surface area contributed by atoms with Gasteiger partial charge in [-0.2, -0.15) is 5.10 Å². The molecule has 0 bridgehead atoms. The van der Waals surface area contributed by atoms with Gasteiger partial charge in [0, 0.05) is 32.5 Å². The number of rotatable bonds is 3. The molecule has 1 aliphatic heterocycles. The van der Waals surface area contributed by atoms with Gasteiger partial charge < -0.3 is 10.6 Å². The fourth-order valence-corrected chi connectivity index (χ4v) is 4.64. The molecule has 31 heavy (non-hydrogen) atoms. The number of aromatic nitrogens is 5. The van der Waals surface area contributed by atoms with Gasteiger partial charge in [-0.05, 0) is 46.3 Å². The molecule has 3 aromatic heterocycles. The van der Waals surface area contributed by atoms with Crippen molar-refractivity contribution in [3.05, 3.63) is 64.4 Å². The minimum atomic E-state index is -0.0534. The van der Waals surface area contributed by atoms with Crippen LogP contribution in [-0.4, -0.2) is 48.3 Å². The van der Waals surface area contributed by atoms with Gasteiger partial charge in [0.05, 0.1) is 11.3 Å². The summed E-state index contributed by atoms with van der Waals surface area (Å²) in [5, 5.41) is 8.70. The van der Waals surface area contributed by atoms with Crippen molar-refractivity contribution in [3.63, 3.8) is 0 Å². The summed E-state index contributed by atoms with van der Waals surface area (Å²) in [4.78, 5) is 20.0. The number of piperidine rings is 1. The predicted octanol–water partition coefficient (Wildman–Crippen LogP) is 3.49. The zero-order chi connectivity index (χ0) is 21.5. The molecule has 8 nitrogen and oxygen atoms in total. The van der Waals surface area contributed by atoms with Crippen LogP contribution in [0.3, 0.4) is 0 Å². The number of nitrogens with two attached hydrogens (primary N) is 1. The molecule has 2 N–H and O–H groups in total. The lowest BCUT2D eigenvalue weighted by molar-refractivity contribution is 0.0712. The average Bonchev–Trinajstić information content (AvgIpc) is 3.36. The number of carbonyl (C=O) groups is 1. The van der Waals surface area contributed by atoms with E-state index in [0.29, 0.717) is 46.2 Å². The number of likely N-dealkylation sites (tertiary alicyclic amines) is 1. The van der Waals surface area contributed by atoms with Gasteiger partial charge in [-0.3, -0.25) is 9.48 Å². The number of aryl methyl sites for hydroxylation is 1. The lowest BCUT2D eigenvalue weighted by atomic mass is 9.89. The van der Waals surface area contributed by atoms with Gasteiger partial charge >= 0.3 is 0 Å². The smallest absolute Gasteiger partial charge is 0.257 e. The van der Waals surface area contributed by atoms with Crippen molar-refractivity contribution in [1.82, 2.24) is 29.3 Å². The fraction of sp³-hybridized carbons (Fsp3) is 0.273. The van der Waals surface area contributed by atoms with Crippen LogP contribution in [0.4, 0.5) is 5.82 Å². The van der Waals surface area contributed by atoms with Crippen molar-refractivity contribution in [2.45, 2.75) is 18.8 Å². The molecule has 0 radical (unpaired) electrons. The third-order valence-electron chi connectivity index (χ3n) is 5.96. The fourth-order valence-electron chi connectivity index (χ4n) is 4.30. The molecule has 1 saturated heterocycles. The second kappa shape index (κ2) is 7.81. The zero-order valence-electron chi connectivity index (χ0n) is 17.1. The number of hydrogen-bond acceptors (Lipinski definition) is 5. The highest BCUT2D eigenvalue weighted by molar-refractivity contribution is 9.10. The molecule has 0 unspecified atom stereocenters. The summed E-state index contributed by atoms with van der Waals surface area (Å²) in [6, 6.07) is 12.4. The van der Waals surface area contributed by atoms with E-state index in [1.807, 2.05) is 24.1 Å². The minimum Gasteiger partial charge on any atom is -0.381 e. The van der Waals surface area contributed by atoms with Gasteiger partial charge in [-0.1, -0.05) is 30.3 Å². The normalized spacial score (nSPS) is 15.0. The second-order valence-electron chi connectivity index (χ2n) is 7.77. The van der Waals surface area contributed by atoms with Crippen molar-refractivity contribution >= 4 is 33.3 Å². The molecule has 0 saturated carbocycles. The molecule has 0 spiro atoms. The summed E-state index contributed by atoms with van der Waals surface area (Å²) >= 11 is 3.45. The van der Waals surface area contributed by atoms with E-state index in [-0.39, 0.29) is 5.91 Å². The lowest BCUT2D eigenvalue weighted by Crippen LogP contribution is -2.38. The third-order valence-corrected chi connectivity index (χ3v) is 6.72. The van der Waals surface area contributed by atoms with Gasteiger partial charge in [0.2, 0.25) is 0 Å². The Labute approximate surface area is 187 Å². The van der Waals surface area contributed by atoms with Crippen LogP contribution in [0.25, 0.3) is 17.0 Å². The summed E-state index contributed by atoms with van der Waals surface area (Å²) in [6.45, 7) is 1.40. The van der Waals surface area contributed by atoms with Gasteiger partial charge in [0.15, 0.2) is 11.5 Å². The van der Waals surface area contributed by atoms with Gasteiger partial charge in [-0.25, -0.2) is 9.50 Å². The Morgan fingerprint density at radius 2 is 1.90 bits per heavy atom. The first-order valence-corrected chi connectivity index (χ1v) is 11.0. The SMILES string of the molecule is Cn1nccc1-c1c(C(=O)N2CCC(c3ccccc3)CC2)cnc2c(Br)c(N)nn12. The molecule has 1 fully saturated rings. The first kappa shape index (κ1) is 19.7. The number of amides is 1. The summed E-state index contributed by atoms with van der Waals surface area (Å²) < 4.78 is 3.96. The van der Waals surface area contributed by atoms with Gasteiger partial charge in [0.25, 0.3) is 5.91 Å². The van der Waals surface area contributed by atoms with E-state index in [4.69, 9.17) is 5.73 Å². The van der Waals surface area contributed by atoms with Crippen LogP contribution in [0.2, 0.25) is 0 Å². The maximum atomic E-state index is 13.6. The van der Waals surface area contributed by atoms with E-state index in [1.54, 1.807) is 21.6 Å². The number of nitrogens with zero attached hydrogens (tertiary/aromatic N) is 6. The predicted molar refractivity (Wildman–Crippen MR) is 122 cm³/mol. The molecule has 4 heterocycles. The first-order valence-electron chi connectivity index (χ1n) is 10.2. The van der Waals surface area contributed by atoms with Gasteiger partial charge in [0.1, 0.15) is 10.2 Å². The number of benzene rings is 1. The molecule has 1 amide bonds. The van der Waals surface area contributed by atoms with Crippen molar-refractivity contribution in [3.8, 4) is 11.4 Å². The summed E-state index contributed by atoms with van der Waals surface area (Å²) in [6.07, 6.45) is 5.19. The molecule has 0 atom stereocenters. The summed E-state index contributed by atoms with van der Waals surface area (Å²) in [5.41, 5.74) is 9.81. The monoisotopic (exact) mass is 479 g/mol. The molecule has 1 aliphatic rings. The zero-order valence-corrected chi connectivity index (χ0v) is 18.7. The Bertz CT molecular complexity index is 1260. The number of nitrogen functional groups attached to an aromatic ring is 1. The van der Waals surface area contributed by atoms with Crippen LogP contribution in [0.1, 0.15) is 34.7 Å². The minimum absolute atomic E-state index is 0.0534. The highest BCUT2D eigenvalue weighted by atomic mass is 79.9. The Balaban J connectivity index is 1.50. The number of anilines is 1. The highest BCUT2D eigenvalue weighted by Gasteiger charge is 2.29. The molecular formula is C22H22BrN7O. The van der Waals surface area contributed by atoms with Crippen molar-refractivity contribution < 1.29 is 4.79 Å². The lowest BCUT2D eigenvalue weighted by Gasteiger charge is -2.32. The number of fused-ring (bicyclic) bond motifs is 1. The van der Waals surface area contributed by atoms with Crippen LogP contribution in [0.15, 0.2) is 53.3 Å². The topological polar surface area (TPSA) is 94.3 Å². The first-order chi connectivity index (χ1) is 15.0. The van der Waals surface area contributed by atoms with E-state index in [1.165, 1.54) is 5.56 Å². The van der Waals surface area contributed by atoms with E-state index in [9.17, 15) is 4.79 Å². The third kappa shape index (κ3) is 3.38. The molecule has 4 aromatic rings. The van der Waals surface area contributed by atoms with Crippen molar-refractivity contribution in [2.24, 2.45) is 7.05 Å². The summed E-state index contributed by atoms with van der Waals surface area (Å²) in [7, 11) is 1.84. The van der Waals surface area contributed by atoms with Crippen LogP contribution in [-0.2, 0) is 7.05 Å². The Kier molecular flexibility index (Phi) is 4.97. The number of hydrogen-bond donors (Lipinski definition) is 1. The standard InChI is InChI=1S/C22H22BrN7O/c1-28-17(7-10-26-28)19-16(13-25-21-18(23)20(24)27-30(19)21)22(31)29-11-8-15(9-12-29)14-5-3-2-4-6-14/h2-7,10,13,15H,8-9,11-12H2,1H3,(H2,24,27). The second-order valence-corrected chi connectivity index (χ2v) is 8.57. The molecule has 0 aliphatic carbocycles. The van der Waals surface area contributed by atoms with E-state index in [0.717, 1.165) is 18.5 Å². The highest BCUT2D eigenvalue weighted by Crippen LogP contribution is 2.32. The number of carbonyl (C=O) groups excluding carboxylic acids is 1. The molecule has 5 rings (SSSR count). The molecular weight excluding hydrogens is 458 g/mol. The van der Waals surface area contributed by atoms with E-state index < -0.39 is 0 Å². The molecule has 1 aromatic carbocycles. The Morgan fingerprint density at radius 3 is 2.58 bits per heavy atom. The maximum absolute atomic E-state index is 13.6. The van der Waals surface area contributed by atoms with Crippen LogP contribution in [0, 0.1) is 0 Å². The average molecular weight is 480 g/mol. The van der Waals surface area contributed by atoms with Crippen LogP contribution >= 0.6 is 15.9 Å². The largest absolute Gasteiger partial charge is 0.381 e. The maximum Gasteiger partial charge on any atom is 0.257 e. The van der Waals surface area contributed by atoms with Gasteiger partial charge in [-0.15, -0.1) is 5.10 Å². The van der Waals surface area contributed by atoms with Crippen LogP contribution < -0.4 is 5.73 Å². The number of halogens is 1. The van der Waals surface area contributed by atoms with Crippen molar-refractivity contribution in [1.29, 1.82) is 0 Å². The van der Waals surface area contributed by atoms with E-state index in [2.05, 4.69) is 55.4 Å². The quantitative estimate of drug-likeness (QED) is 0.485. The Morgan fingerprint density at radius 1 is 1.16 bits per heavy atom. The van der Waals surface area contributed by atoms with E-state index >= 15 is 0 Å². The molecule has 9 heteroatoms. The summed E-state index contributed by atoms with van der Waals surface area (Å²) in [5.74, 6) is 0.746.